The molecule has 1 unspecified atom stereocenters. The molecule has 23 heavy (non-hydrogen) atoms. The maximum absolute atomic E-state index is 6.22. The van der Waals surface area contributed by atoms with Crippen molar-refractivity contribution in [1.82, 2.24) is 0 Å². The summed E-state index contributed by atoms with van der Waals surface area (Å²) in [5, 5.41) is 0. The number of allylic oxidation sites excluding steroid dienone is 2. The summed E-state index contributed by atoms with van der Waals surface area (Å²) < 4.78 is 5.55. The van der Waals surface area contributed by atoms with Crippen LogP contribution in [0.15, 0.2) is 23.8 Å². The first-order valence-corrected chi connectivity index (χ1v) is 9.23. The quantitative estimate of drug-likeness (QED) is 0.734. The number of ether oxygens (including phenoxy) is 1. The predicted molar refractivity (Wildman–Crippen MR) is 108 cm³/mol. The summed E-state index contributed by atoms with van der Waals surface area (Å²) in [6.07, 6.45) is 12.6. The highest BCUT2D eigenvalue weighted by molar-refractivity contribution is 7.81. The molecule has 0 aromatic rings. The van der Waals surface area contributed by atoms with Crippen molar-refractivity contribution in [2.24, 2.45) is 11.7 Å². The molecule has 3 nitrogen and oxygen atoms in total. The first-order chi connectivity index (χ1) is 10.4. The van der Waals surface area contributed by atoms with Crippen LogP contribution >= 0.6 is 12.6 Å². The monoisotopic (exact) mass is 347 g/mol. The minimum atomic E-state index is 0. The van der Waals surface area contributed by atoms with Crippen LogP contribution in [-0.4, -0.2) is 29.5 Å². The Morgan fingerprint density at radius 1 is 1.26 bits per heavy atom. The zero-order valence-corrected chi connectivity index (χ0v) is 16.7. The smallest absolute Gasteiger partial charge is 0.0468 e. The lowest BCUT2D eigenvalue weighted by Gasteiger charge is -2.25. The molecule has 1 saturated heterocycles. The Hall–Kier alpha value is -0.290. The molecule has 0 radical (unpaired) electrons. The molecule has 0 aromatic carbocycles. The van der Waals surface area contributed by atoms with Gasteiger partial charge in [0.1, 0.15) is 0 Å². The third-order valence-electron chi connectivity index (χ3n) is 3.38. The topological polar surface area (TPSA) is 66.8 Å². The van der Waals surface area contributed by atoms with Crippen molar-refractivity contribution in [3.05, 3.63) is 23.8 Å². The van der Waals surface area contributed by atoms with Gasteiger partial charge in [-0.15, -0.1) is 0 Å². The lowest BCUT2D eigenvalue weighted by molar-refractivity contribution is 0.0628. The molecule has 1 fully saturated rings. The van der Waals surface area contributed by atoms with Crippen molar-refractivity contribution in [1.29, 1.82) is 0 Å². The van der Waals surface area contributed by atoms with Crippen molar-refractivity contribution in [3.8, 4) is 0 Å². The van der Waals surface area contributed by atoms with Gasteiger partial charge in [-0.25, -0.2) is 0 Å². The number of rotatable bonds is 3. The van der Waals surface area contributed by atoms with Crippen LogP contribution in [-0.2, 0) is 4.74 Å². The Bertz CT molecular complexity index is 329. The Morgan fingerprint density at radius 2 is 1.78 bits per heavy atom. The highest BCUT2D eigenvalue weighted by atomic mass is 32.1. The molecule has 0 aromatic heterocycles. The van der Waals surface area contributed by atoms with Gasteiger partial charge in [0.15, 0.2) is 0 Å². The minimum Gasteiger partial charge on any atom is -0.412 e. The van der Waals surface area contributed by atoms with Crippen LogP contribution in [0.2, 0.25) is 0 Å². The average molecular weight is 348 g/mol. The molecule has 1 aliphatic heterocycles. The van der Waals surface area contributed by atoms with Gasteiger partial charge < -0.3 is 15.9 Å². The van der Waals surface area contributed by atoms with E-state index in [1.54, 1.807) is 0 Å². The van der Waals surface area contributed by atoms with E-state index in [0.717, 1.165) is 32.0 Å². The Labute approximate surface area is 151 Å². The van der Waals surface area contributed by atoms with E-state index in [2.05, 4.69) is 51.6 Å². The van der Waals surface area contributed by atoms with Crippen molar-refractivity contribution in [2.75, 3.05) is 13.2 Å². The zero-order chi connectivity index (χ0) is 17.0. The van der Waals surface area contributed by atoms with Gasteiger partial charge in [-0.05, 0) is 43.6 Å². The molecular formula is C19H41NO2S. The summed E-state index contributed by atoms with van der Waals surface area (Å²) in [6, 6.07) is 0.240. The molecule has 1 atom stereocenters. The van der Waals surface area contributed by atoms with Crippen molar-refractivity contribution < 1.29 is 11.6 Å². The summed E-state index contributed by atoms with van der Waals surface area (Å²) in [7, 11) is 0. The highest BCUT2D eigenvalue weighted by Gasteiger charge is 2.18. The molecular weight excluding hydrogens is 306 g/mol. The van der Waals surface area contributed by atoms with E-state index in [0.29, 0.717) is 0 Å². The van der Waals surface area contributed by atoms with E-state index < -0.39 is 0 Å². The van der Waals surface area contributed by atoms with Gasteiger partial charge in [-0.3, -0.25) is 0 Å². The molecule has 4 N–H and O–H groups in total. The van der Waals surface area contributed by atoms with Crippen molar-refractivity contribution in [2.45, 2.75) is 77.5 Å². The maximum atomic E-state index is 6.22. The Morgan fingerprint density at radius 3 is 2.22 bits per heavy atom. The fourth-order valence-electron chi connectivity index (χ4n) is 2.39. The van der Waals surface area contributed by atoms with Crippen LogP contribution in [0.25, 0.3) is 0 Å². The van der Waals surface area contributed by atoms with Crippen LogP contribution in [0.5, 0.6) is 0 Å². The molecule has 4 heteroatoms. The van der Waals surface area contributed by atoms with E-state index in [1.807, 2.05) is 13.8 Å². The number of nitrogens with two attached hydrogens (primary N) is 1. The fraction of sp³-hybridized carbons (Fsp3) is 0.789. The standard InChI is InChI=1S/C13H21NO.C4H10S.C2H6.H2O.H2/c14-13(12-4-2-1-3-5-12)10-11-6-8-15-9-7-11;1-4(2,3)5;1-2;;/h2,4-5,11,13H,1,3,6-10,14H2;5H,1-3H3;1-2H3;1H2;1H. The van der Waals surface area contributed by atoms with Gasteiger partial charge in [0.2, 0.25) is 0 Å². The van der Waals surface area contributed by atoms with E-state index in [1.165, 1.54) is 24.8 Å². The second-order valence-corrected chi connectivity index (χ2v) is 8.09. The number of hydrogen-bond donors (Lipinski definition) is 2. The normalized spacial score (nSPS) is 19.2. The molecule has 2 aliphatic rings. The summed E-state index contributed by atoms with van der Waals surface area (Å²) in [5.41, 5.74) is 7.56. The third-order valence-corrected chi connectivity index (χ3v) is 3.38. The Kier molecular flexibility index (Phi) is 15.3. The summed E-state index contributed by atoms with van der Waals surface area (Å²) in [5.74, 6) is 0.768. The van der Waals surface area contributed by atoms with Crippen LogP contribution in [0.3, 0.4) is 0 Å². The SMILES string of the molecule is CC.CC(C)(C)S.NC(CC1CCOCC1)C1=CCCC=C1.O.[HH]. The average Bonchev–Trinajstić information content (AvgIpc) is 2.49. The van der Waals surface area contributed by atoms with Gasteiger partial charge in [0, 0.05) is 25.4 Å². The summed E-state index contributed by atoms with van der Waals surface area (Å²) in [4.78, 5) is 0. The lowest BCUT2D eigenvalue weighted by Crippen LogP contribution is -2.28. The van der Waals surface area contributed by atoms with Gasteiger partial charge >= 0.3 is 0 Å². The Balaban J connectivity index is -0.000000427. The molecule has 1 aliphatic carbocycles. The van der Waals surface area contributed by atoms with Gasteiger partial charge in [0.25, 0.3) is 0 Å². The minimum absolute atomic E-state index is 0. The number of hydrogen-bond acceptors (Lipinski definition) is 3. The molecule has 0 bridgehead atoms. The molecule has 0 saturated carbocycles. The molecule has 2 rings (SSSR count). The third kappa shape index (κ3) is 15.0. The van der Waals surface area contributed by atoms with Gasteiger partial charge in [0.05, 0.1) is 0 Å². The van der Waals surface area contributed by atoms with Crippen molar-refractivity contribution >= 4 is 12.6 Å². The lowest BCUT2D eigenvalue weighted by atomic mass is 9.88. The first-order valence-electron chi connectivity index (χ1n) is 8.78. The summed E-state index contributed by atoms with van der Waals surface area (Å²) in [6.45, 7) is 12.0. The number of thiol groups is 1. The maximum Gasteiger partial charge on any atom is 0.0468 e. The fourth-order valence-corrected chi connectivity index (χ4v) is 2.39. The second-order valence-electron chi connectivity index (χ2n) is 6.75. The largest absolute Gasteiger partial charge is 0.412 e. The molecule has 0 amide bonds. The van der Waals surface area contributed by atoms with Crippen LogP contribution in [0.4, 0.5) is 0 Å². The molecule has 1 heterocycles. The first kappa shape index (κ1) is 25.0. The van der Waals surface area contributed by atoms with E-state index >= 15 is 0 Å². The second kappa shape index (κ2) is 14.1. The molecule has 140 valence electrons. The van der Waals surface area contributed by atoms with Crippen LogP contribution in [0, 0.1) is 5.92 Å². The van der Waals surface area contributed by atoms with E-state index in [4.69, 9.17) is 10.5 Å². The van der Waals surface area contributed by atoms with Crippen molar-refractivity contribution in [3.63, 3.8) is 0 Å². The van der Waals surface area contributed by atoms with Gasteiger partial charge in [-0.1, -0.05) is 52.8 Å². The van der Waals surface area contributed by atoms with Gasteiger partial charge in [-0.2, -0.15) is 12.6 Å². The zero-order valence-electron chi connectivity index (χ0n) is 15.8. The van der Waals surface area contributed by atoms with E-state index in [-0.39, 0.29) is 17.7 Å². The summed E-state index contributed by atoms with van der Waals surface area (Å²) >= 11 is 4.12. The van der Waals surface area contributed by atoms with E-state index in [9.17, 15) is 0 Å². The van der Waals surface area contributed by atoms with Crippen LogP contribution < -0.4 is 5.73 Å². The molecule has 0 spiro atoms. The van der Waals surface area contributed by atoms with Crippen LogP contribution in [0.1, 0.15) is 68.1 Å². The highest BCUT2D eigenvalue weighted by Crippen LogP contribution is 2.23. The predicted octanol–water partition coefficient (Wildman–Crippen LogP) is 4.57.